The number of benzene rings is 2. The van der Waals surface area contributed by atoms with Crippen molar-refractivity contribution < 1.29 is 27.8 Å². The average Bonchev–Trinajstić information content (AvgIpc) is 2.72. The number of nitro benzene ring substituents is 1. The Morgan fingerprint density at radius 1 is 1.10 bits per heavy atom. The molecule has 1 aliphatic heterocycles. The van der Waals surface area contributed by atoms with E-state index in [2.05, 4.69) is 0 Å². The molecular formula is C20H21F3N3O3+. The lowest BCUT2D eigenvalue weighted by Gasteiger charge is -2.33. The molecule has 0 bridgehead atoms. The third-order valence-corrected chi connectivity index (χ3v) is 5.11. The van der Waals surface area contributed by atoms with Crippen molar-refractivity contribution in [1.82, 2.24) is 0 Å². The largest absolute Gasteiger partial charge is 0.416 e. The van der Waals surface area contributed by atoms with Crippen molar-refractivity contribution in [1.29, 1.82) is 0 Å². The third kappa shape index (κ3) is 5.32. The molecule has 0 atom stereocenters. The summed E-state index contributed by atoms with van der Waals surface area (Å²) in [4.78, 5) is 25.6. The SMILES string of the molecule is O=C(CC[NH+]1CCN(c2cccc(C(F)(F)F)c2)CC1)c1ccc([N+](=O)[O-])cc1. The van der Waals surface area contributed by atoms with Gasteiger partial charge >= 0.3 is 6.18 Å². The second kappa shape index (κ2) is 8.60. The van der Waals surface area contributed by atoms with Crippen LogP contribution in [0.1, 0.15) is 22.3 Å². The number of nitrogens with one attached hydrogen (secondary N) is 1. The quantitative estimate of drug-likeness (QED) is 0.453. The van der Waals surface area contributed by atoms with Crippen LogP contribution in [-0.2, 0) is 6.18 Å². The maximum absolute atomic E-state index is 12.9. The maximum atomic E-state index is 12.9. The Morgan fingerprint density at radius 2 is 1.76 bits per heavy atom. The number of non-ortho nitro benzene ring substituents is 1. The van der Waals surface area contributed by atoms with Crippen LogP contribution in [-0.4, -0.2) is 43.4 Å². The number of piperazine rings is 1. The van der Waals surface area contributed by atoms with Gasteiger partial charge in [0.2, 0.25) is 0 Å². The molecule has 1 heterocycles. The second-order valence-corrected chi connectivity index (χ2v) is 7.01. The highest BCUT2D eigenvalue weighted by atomic mass is 19.4. The lowest BCUT2D eigenvalue weighted by atomic mass is 10.1. The molecule has 6 nitrogen and oxygen atoms in total. The van der Waals surface area contributed by atoms with E-state index >= 15 is 0 Å². The molecule has 2 aromatic carbocycles. The van der Waals surface area contributed by atoms with Crippen molar-refractivity contribution in [2.24, 2.45) is 0 Å². The Balaban J connectivity index is 1.50. The molecular weight excluding hydrogens is 387 g/mol. The Morgan fingerprint density at radius 3 is 2.34 bits per heavy atom. The van der Waals surface area contributed by atoms with E-state index in [-0.39, 0.29) is 11.5 Å². The molecule has 0 aromatic heterocycles. The summed E-state index contributed by atoms with van der Waals surface area (Å²) in [5.41, 5.74) is 0.287. The van der Waals surface area contributed by atoms with Gasteiger partial charge in [-0.1, -0.05) is 6.07 Å². The number of ketones is 1. The number of hydrogen-bond donors (Lipinski definition) is 1. The van der Waals surface area contributed by atoms with Crippen LogP contribution in [0.2, 0.25) is 0 Å². The number of rotatable bonds is 6. The number of halogens is 3. The van der Waals surface area contributed by atoms with Gasteiger partial charge in [0, 0.05) is 23.4 Å². The summed E-state index contributed by atoms with van der Waals surface area (Å²) in [6, 6.07) is 10.9. The molecule has 154 valence electrons. The maximum Gasteiger partial charge on any atom is 0.416 e. The van der Waals surface area contributed by atoms with E-state index in [1.165, 1.54) is 41.3 Å². The van der Waals surface area contributed by atoms with E-state index in [4.69, 9.17) is 0 Å². The van der Waals surface area contributed by atoms with Gasteiger partial charge in [0.15, 0.2) is 5.78 Å². The van der Waals surface area contributed by atoms with Crippen LogP contribution in [0, 0.1) is 10.1 Å². The van der Waals surface area contributed by atoms with Crippen molar-refractivity contribution in [3.05, 3.63) is 69.8 Å². The zero-order valence-electron chi connectivity index (χ0n) is 15.6. The first-order valence-electron chi connectivity index (χ1n) is 9.27. The van der Waals surface area contributed by atoms with E-state index < -0.39 is 16.7 Å². The van der Waals surface area contributed by atoms with Gasteiger partial charge in [0.25, 0.3) is 5.69 Å². The van der Waals surface area contributed by atoms with E-state index in [1.807, 2.05) is 4.90 Å². The molecule has 0 aliphatic carbocycles. The fourth-order valence-electron chi connectivity index (χ4n) is 3.41. The van der Waals surface area contributed by atoms with E-state index in [1.54, 1.807) is 6.07 Å². The number of carbonyl (C=O) groups excluding carboxylic acids is 1. The minimum atomic E-state index is -4.36. The van der Waals surface area contributed by atoms with Crippen LogP contribution in [0.5, 0.6) is 0 Å². The van der Waals surface area contributed by atoms with Crippen LogP contribution >= 0.6 is 0 Å². The van der Waals surface area contributed by atoms with Crippen molar-refractivity contribution >= 4 is 17.2 Å². The first kappa shape index (κ1) is 20.8. The standard InChI is InChI=1S/C20H20F3N3O3/c21-20(22,23)16-2-1-3-18(14-16)25-12-10-24(11-13-25)9-8-19(27)15-4-6-17(7-5-15)26(28)29/h1-7,14H,8-13H2/p+1. The Hall–Kier alpha value is -2.94. The first-order valence-corrected chi connectivity index (χ1v) is 9.27. The van der Waals surface area contributed by atoms with Crippen molar-refractivity contribution in [3.63, 3.8) is 0 Å². The predicted octanol–water partition coefficient (Wildman–Crippen LogP) is 2.59. The van der Waals surface area contributed by atoms with Crippen molar-refractivity contribution in [3.8, 4) is 0 Å². The Labute approximate surface area is 165 Å². The molecule has 29 heavy (non-hydrogen) atoms. The van der Waals surface area contributed by atoms with Gasteiger partial charge in [-0.25, -0.2) is 0 Å². The third-order valence-electron chi connectivity index (χ3n) is 5.11. The van der Waals surface area contributed by atoms with Gasteiger partial charge in [-0.3, -0.25) is 14.9 Å². The van der Waals surface area contributed by atoms with Gasteiger partial charge in [-0.2, -0.15) is 13.2 Å². The molecule has 1 fully saturated rings. The highest BCUT2D eigenvalue weighted by Crippen LogP contribution is 2.31. The Kier molecular flexibility index (Phi) is 6.17. The highest BCUT2D eigenvalue weighted by molar-refractivity contribution is 5.96. The number of quaternary nitrogens is 1. The van der Waals surface area contributed by atoms with Crippen molar-refractivity contribution in [2.75, 3.05) is 37.6 Å². The van der Waals surface area contributed by atoms with Gasteiger partial charge in [-0.15, -0.1) is 0 Å². The van der Waals surface area contributed by atoms with E-state index in [0.717, 1.165) is 19.2 Å². The zero-order valence-corrected chi connectivity index (χ0v) is 15.6. The minimum Gasteiger partial charge on any atom is -0.360 e. The second-order valence-electron chi connectivity index (χ2n) is 7.01. The molecule has 0 radical (unpaired) electrons. The van der Waals surface area contributed by atoms with Gasteiger partial charge in [0.1, 0.15) is 0 Å². The van der Waals surface area contributed by atoms with Crippen LogP contribution in [0.25, 0.3) is 0 Å². The summed E-state index contributed by atoms with van der Waals surface area (Å²) in [5.74, 6) is -0.0762. The number of Topliss-reactive ketones (excluding diaryl/α,β-unsaturated/α-hetero) is 1. The molecule has 3 rings (SSSR count). The van der Waals surface area contributed by atoms with Crippen molar-refractivity contribution in [2.45, 2.75) is 12.6 Å². The number of hydrogen-bond acceptors (Lipinski definition) is 4. The molecule has 9 heteroatoms. The lowest BCUT2D eigenvalue weighted by Crippen LogP contribution is -3.15. The average molecular weight is 408 g/mol. The minimum absolute atomic E-state index is 0.0575. The van der Waals surface area contributed by atoms with Crippen LogP contribution in [0.3, 0.4) is 0 Å². The summed E-state index contributed by atoms with van der Waals surface area (Å²) < 4.78 is 38.7. The lowest BCUT2D eigenvalue weighted by molar-refractivity contribution is -0.899. The van der Waals surface area contributed by atoms with Gasteiger partial charge in [-0.05, 0) is 30.3 Å². The number of alkyl halides is 3. The number of carbonyl (C=O) groups is 1. The fraction of sp³-hybridized carbons (Fsp3) is 0.350. The molecule has 0 saturated carbocycles. The van der Waals surface area contributed by atoms with Crippen LogP contribution < -0.4 is 9.80 Å². The fourth-order valence-corrected chi connectivity index (χ4v) is 3.41. The summed E-state index contributed by atoms with van der Waals surface area (Å²) in [5, 5.41) is 10.7. The molecule has 1 saturated heterocycles. The number of nitro groups is 1. The van der Waals surface area contributed by atoms with E-state index in [0.29, 0.717) is 37.3 Å². The van der Waals surface area contributed by atoms with Crippen LogP contribution in [0.4, 0.5) is 24.5 Å². The highest BCUT2D eigenvalue weighted by Gasteiger charge is 2.31. The molecule has 1 aliphatic rings. The summed E-state index contributed by atoms with van der Waals surface area (Å²) in [6.07, 6.45) is -4.04. The Bertz CT molecular complexity index is 877. The number of nitrogens with zero attached hydrogens (tertiary/aromatic N) is 2. The normalized spacial score (nSPS) is 15.3. The molecule has 2 aromatic rings. The molecule has 0 amide bonds. The predicted molar refractivity (Wildman–Crippen MR) is 101 cm³/mol. The first-order chi connectivity index (χ1) is 13.7. The molecule has 0 unspecified atom stereocenters. The van der Waals surface area contributed by atoms with Gasteiger partial charge < -0.3 is 9.80 Å². The molecule has 0 spiro atoms. The summed E-state index contributed by atoms with van der Waals surface area (Å²) in [6.45, 7) is 3.30. The van der Waals surface area contributed by atoms with E-state index in [9.17, 15) is 28.1 Å². The molecule has 1 N–H and O–H groups in total. The summed E-state index contributed by atoms with van der Waals surface area (Å²) in [7, 11) is 0. The smallest absolute Gasteiger partial charge is 0.360 e. The summed E-state index contributed by atoms with van der Waals surface area (Å²) >= 11 is 0. The topological polar surface area (TPSA) is 67.9 Å². The zero-order chi connectivity index (χ0) is 21.0. The van der Waals surface area contributed by atoms with Crippen LogP contribution in [0.15, 0.2) is 48.5 Å². The van der Waals surface area contributed by atoms with Gasteiger partial charge in [0.05, 0.1) is 49.6 Å². The number of anilines is 1. The monoisotopic (exact) mass is 408 g/mol.